The monoisotopic (exact) mass is 413 g/mol. The van der Waals surface area contributed by atoms with Crippen LogP contribution in [-0.2, 0) is 16.6 Å². The van der Waals surface area contributed by atoms with Crippen LogP contribution >= 0.6 is 0 Å². The molecule has 1 fully saturated rings. The van der Waals surface area contributed by atoms with Gasteiger partial charge >= 0.3 is 0 Å². The molecule has 0 N–H and O–H groups in total. The summed E-state index contributed by atoms with van der Waals surface area (Å²) in [6.07, 6.45) is 4.30. The highest BCUT2D eigenvalue weighted by atomic mass is 16.7. The normalized spacial score (nSPS) is 15.5. The molecule has 3 aromatic rings. The third-order valence-corrected chi connectivity index (χ3v) is 6.24. The number of ketones is 2. The lowest BCUT2D eigenvalue weighted by Gasteiger charge is -2.15. The Hall–Kier alpha value is -3.47. The van der Waals surface area contributed by atoms with Gasteiger partial charge in [-0.05, 0) is 42.2 Å². The van der Waals surface area contributed by atoms with E-state index in [1.807, 2.05) is 61.5 Å². The Morgan fingerprint density at radius 3 is 2.35 bits per heavy atom. The number of fused-ring (bicyclic) bond motifs is 1. The summed E-state index contributed by atoms with van der Waals surface area (Å²) < 4.78 is 10.9. The van der Waals surface area contributed by atoms with E-state index in [2.05, 4.69) is 4.98 Å². The van der Waals surface area contributed by atoms with E-state index in [4.69, 9.17) is 9.47 Å². The highest BCUT2D eigenvalue weighted by Crippen LogP contribution is 2.51. The van der Waals surface area contributed by atoms with Gasteiger partial charge in [0.2, 0.25) is 6.79 Å². The number of hydrogen-bond acceptors (Lipinski definition) is 5. The SMILES string of the molecule is CCC(=O)c1ccc(-c2ccc(CC(=O)C3(c4ccc5c(c4)OCO5)CC3)nc2)cc1. The second-order valence-electron chi connectivity index (χ2n) is 8.14. The lowest BCUT2D eigenvalue weighted by atomic mass is 9.88. The number of aromatic nitrogens is 1. The van der Waals surface area contributed by atoms with E-state index in [0.29, 0.717) is 18.6 Å². The molecule has 0 amide bonds. The Morgan fingerprint density at radius 1 is 0.935 bits per heavy atom. The smallest absolute Gasteiger partial charge is 0.231 e. The van der Waals surface area contributed by atoms with Gasteiger partial charge in [0, 0.05) is 35.9 Å². The molecule has 5 heteroatoms. The van der Waals surface area contributed by atoms with Crippen LogP contribution in [0.1, 0.15) is 47.8 Å². The summed E-state index contributed by atoms with van der Waals surface area (Å²) in [7, 11) is 0. The molecule has 0 atom stereocenters. The van der Waals surface area contributed by atoms with Crippen molar-refractivity contribution in [3.63, 3.8) is 0 Å². The molecule has 1 aliphatic heterocycles. The first-order chi connectivity index (χ1) is 15.1. The number of carbonyl (C=O) groups excluding carboxylic acids is 2. The lowest BCUT2D eigenvalue weighted by Crippen LogP contribution is -2.22. The molecule has 156 valence electrons. The Balaban J connectivity index is 1.29. The van der Waals surface area contributed by atoms with Gasteiger partial charge in [-0.2, -0.15) is 0 Å². The van der Waals surface area contributed by atoms with Gasteiger partial charge in [0.05, 0.1) is 5.41 Å². The molecule has 1 aliphatic carbocycles. The van der Waals surface area contributed by atoms with Gasteiger partial charge in [-0.25, -0.2) is 0 Å². The molecule has 1 saturated carbocycles. The lowest BCUT2D eigenvalue weighted by molar-refractivity contribution is -0.120. The van der Waals surface area contributed by atoms with Crippen LogP contribution < -0.4 is 9.47 Å². The Labute approximate surface area is 181 Å². The van der Waals surface area contributed by atoms with E-state index >= 15 is 0 Å². The van der Waals surface area contributed by atoms with Crippen molar-refractivity contribution in [3.05, 3.63) is 77.6 Å². The minimum absolute atomic E-state index is 0.134. The Kier molecular flexibility index (Phi) is 4.81. The van der Waals surface area contributed by atoms with Crippen molar-refractivity contribution in [2.24, 2.45) is 0 Å². The summed E-state index contributed by atoms with van der Waals surface area (Å²) in [4.78, 5) is 29.5. The van der Waals surface area contributed by atoms with Gasteiger partial charge in [-0.3, -0.25) is 14.6 Å². The van der Waals surface area contributed by atoms with Crippen molar-refractivity contribution >= 4 is 11.6 Å². The zero-order valence-electron chi connectivity index (χ0n) is 17.4. The molecular weight excluding hydrogens is 390 g/mol. The number of carbonyl (C=O) groups is 2. The summed E-state index contributed by atoms with van der Waals surface area (Å²) in [6, 6.07) is 17.3. The second kappa shape index (κ2) is 7.65. The Morgan fingerprint density at radius 2 is 1.68 bits per heavy atom. The van der Waals surface area contributed by atoms with Crippen molar-refractivity contribution < 1.29 is 19.1 Å². The largest absolute Gasteiger partial charge is 0.454 e. The number of nitrogens with zero attached hydrogens (tertiary/aromatic N) is 1. The molecule has 2 aromatic carbocycles. The van der Waals surface area contributed by atoms with Crippen LogP contribution in [0.15, 0.2) is 60.8 Å². The Bertz CT molecular complexity index is 1150. The number of benzene rings is 2. The summed E-state index contributed by atoms with van der Waals surface area (Å²) in [5.41, 5.74) is 4.02. The standard InChI is InChI=1S/C26H23NO4/c1-2-22(28)18-5-3-17(4-6-18)19-7-9-21(27-15-19)14-25(29)26(11-12-26)20-8-10-23-24(13-20)31-16-30-23/h3-10,13,15H,2,11-12,14,16H2,1H3. The fourth-order valence-electron chi connectivity index (χ4n) is 4.13. The summed E-state index contributed by atoms with van der Waals surface area (Å²) >= 11 is 0. The average molecular weight is 413 g/mol. The van der Waals surface area contributed by atoms with Crippen LogP contribution in [0, 0.1) is 0 Å². The second-order valence-corrected chi connectivity index (χ2v) is 8.14. The first kappa shape index (κ1) is 19.5. The number of rotatable bonds is 7. The first-order valence-corrected chi connectivity index (χ1v) is 10.6. The molecule has 2 heterocycles. The highest BCUT2D eigenvalue weighted by molar-refractivity contribution is 5.96. The van der Waals surface area contributed by atoms with Crippen LogP contribution in [-0.4, -0.2) is 23.3 Å². The van der Waals surface area contributed by atoms with Crippen LogP contribution in [0.4, 0.5) is 0 Å². The summed E-state index contributed by atoms with van der Waals surface area (Å²) in [5.74, 6) is 1.77. The molecule has 0 spiro atoms. The van der Waals surface area contributed by atoms with Crippen molar-refractivity contribution in [1.29, 1.82) is 0 Å². The maximum atomic E-state index is 13.1. The quantitative estimate of drug-likeness (QED) is 0.515. The zero-order chi connectivity index (χ0) is 21.4. The van der Waals surface area contributed by atoms with Crippen molar-refractivity contribution in [2.45, 2.75) is 38.0 Å². The zero-order valence-corrected chi connectivity index (χ0v) is 17.4. The van der Waals surface area contributed by atoms with Gasteiger partial charge < -0.3 is 9.47 Å². The first-order valence-electron chi connectivity index (χ1n) is 10.6. The third-order valence-electron chi connectivity index (χ3n) is 6.24. The fourth-order valence-corrected chi connectivity index (χ4v) is 4.13. The van der Waals surface area contributed by atoms with Crippen molar-refractivity contribution in [3.8, 4) is 22.6 Å². The average Bonchev–Trinajstić information content (AvgIpc) is 3.50. The van der Waals surface area contributed by atoms with Gasteiger partial charge in [0.15, 0.2) is 17.3 Å². The van der Waals surface area contributed by atoms with E-state index in [1.54, 1.807) is 6.20 Å². The maximum Gasteiger partial charge on any atom is 0.231 e. The number of pyridine rings is 1. The number of hydrogen-bond donors (Lipinski definition) is 0. The summed E-state index contributed by atoms with van der Waals surface area (Å²) in [5, 5.41) is 0. The van der Waals surface area contributed by atoms with E-state index in [1.165, 1.54) is 0 Å². The topological polar surface area (TPSA) is 65.5 Å². The molecule has 0 bridgehead atoms. The van der Waals surface area contributed by atoms with Crippen LogP contribution in [0.25, 0.3) is 11.1 Å². The fraction of sp³-hybridized carbons (Fsp3) is 0.269. The number of Topliss-reactive ketones (excluding diaryl/α,β-unsaturated/α-hetero) is 2. The molecular formula is C26H23NO4. The van der Waals surface area contributed by atoms with Crippen LogP contribution in [0.3, 0.4) is 0 Å². The summed E-state index contributed by atoms with van der Waals surface area (Å²) in [6.45, 7) is 2.09. The van der Waals surface area contributed by atoms with Crippen molar-refractivity contribution in [2.75, 3.05) is 6.79 Å². The minimum atomic E-state index is -0.428. The molecule has 31 heavy (non-hydrogen) atoms. The van der Waals surface area contributed by atoms with Crippen LogP contribution in [0.5, 0.6) is 11.5 Å². The predicted octanol–water partition coefficient (Wildman–Crippen LogP) is 4.91. The molecule has 1 aromatic heterocycles. The van der Waals surface area contributed by atoms with E-state index < -0.39 is 5.41 Å². The van der Waals surface area contributed by atoms with E-state index in [-0.39, 0.29) is 18.4 Å². The molecule has 0 radical (unpaired) electrons. The highest BCUT2D eigenvalue weighted by Gasteiger charge is 2.50. The van der Waals surface area contributed by atoms with Gasteiger partial charge in [0.25, 0.3) is 0 Å². The molecule has 0 unspecified atom stereocenters. The number of ether oxygens (including phenoxy) is 2. The molecule has 0 saturated heterocycles. The van der Waals surface area contributed by atoms with Gasteiger partial charge in [0.1, 0.15) is 5.78 Å². The minimum Gasteiger partial charge on any atom is -0.454 e. The van der Waals surface area contributed by atoms with Gasteiger partial charge in [-0.15, -0.1) is 0 Å². The maximum absolute atomic E-state index is 13.1. The van der Waals surface area contributed by atoms with Gasteiger partial charge in [-0.1, -0.05) is 43.3 Å². The molecule has 2 aliphatic rings. The van der Waals surface area contributed by atoms with E-state index in [0.717, 1.165) is 46.5 Å². The van der Waals surface area contributed by atoms with Crippen LogP contribution in [0.2, 0.25) is 0 Å². The predicted molar refractivity (Wildman–Crippen MR) is 116 cm³/mol. The molecule has 5 nitrogen and oxygen atoms in total. The molecule has 5 rings (SSSR count). The van der Waals surface area contributed by atoms with Crippen molar-refractivity contribution in [1.82, 2.24) is 4.98 Å². The third kappa shape index (κ3) is 3.61. The van der Waals surface area contributed by atoms with E-state index in [9.17, 15) is 9.59 Å².